The van der Waals surface area contributed by atoms with Gasteiger partial charge in [-0.2, -0.15) is 0 Å². The summed E-state index contributed by atoms with van der Waals surface area (Å²) in [6, 6.07) is 5.01. The first-order valence-corrected chi connectivity index (χ1v) is 4.60. The van der Waals surface area contributed by atoms with Crippen molar-refractivity contribution >= 4 is 18.3 Å². The van der Waals surface area contributed by atoms with Crippen molar-refractivity contribution in [3.05, 3.63) is 35.4 Å². The molecule has 1 aromatic carbocycles. The van der Waals surface area contributed by atoms with Gasteiger partial charge in [0.15, 0.2) is 6.29 Å². The van der Waals surface area contributed by atoms with Crippen LogP contribution in [0.2, 0.25) is 0 Å². The predicted octanol–water partition coefficient (Wildman–Crippen LogP) is 1.69. The van der Waals surface area contributed by atoms with Gasteiger partial charge in [0.25, 0.3) is 0 Å². The maximum Gasteiger partial charge on any atom is 0.330 e. The third kappa shape index (κ3) is 2.95. The smallest absolute Gasteiger partial charge is 0.330 e. The summed E-state index contributed by atoms with van der Waals surface area (Å²) in [5.74, 6) is 0.130. The van der Waals surface area contributed by atoms with E-state index in [9.17, 15) is 9.59 Å². The lowest BCUT2D eigenvalue weighted by Gasteiger charge is -2.03. The molecule has 0 unspecified atom stereocenters. The average molecular weight is 220 g/mol. The Bertz CT molecular complexity index is 421. The predicted molar refractivity (Wildman–Crippen MR) is 59.4 cm³/mol. The first-order chi connectivity index (χ1) is 7.71. The highest BCUT2D eigenvalue weighted by molar-refractivity contribution is 5.90. The second-order valence-corrected chi connectivity index (χ2v) is 2.97. The average Bonchev–Trinajstić information content (AvgIpc) is 2.35. The third-order valence-corrected chi connectivity index (χ3v) is 2.02. The lowest BCUT2D eigenvalue weighted by Crippen LogP contribution is -1.94. The van der Waals surface area contributed by atoms with Crippen LogP contribution < -0.4 is 4.74 Å². The molecule has 4 nitrogen and oxygen atoms in total. The minimum absolute atomic E-state index is 0.458. The summed E-state index contributed by atoms with van der Waals surface area (Å²) < 4.78 is 9.44. The van der Waals surface area contributed by atoms with E-state index in [0.29, 0.717) is 23.2 Å². The highest BCUT2D eigenvalue weighted by atomic mass is 16.5. The zero-order valence-corrected chi connectivity index (χ0v) is 9.10. The van der Waals surface area contributed by atoms with Crippen LogP contribution in [0.5, 0.6) is 5.75 Å². The van der Waals surface area contributed by atoms with Crippen molar-refractivity contribution in [3.63, 3.8) is 0 Å². The number of esters is 1. The largest absolute Gasteiger partial charge is 0.497 e. The van der Waals surface area contributed by atoms with E-state index in [-0.39, 0.29) is 0 Å². The molecule has 0 aromatic heterocycles. The van der Waals surface area contributed by atoms with Gasteiger partial charge in [-0.15, -0.1) is 0 Å². The van der Waals surface area contributed by atoms with Crippen LogP contribution in [0.15, 0.2) is 24.3 Å². The van der Waals surface area contributed by atoms with Crippen molar-refractivity contribution in [3.8, 4) is 5.75 Å². The number of ether oxygens (including phenoxy) is 2. The van der Waals surface area contributed by atoms with E-state index in [0.717, 1.165) is 0 Å². The summed E-state index contributed by atoms with van der Waals surface area (Å²) >= 11 is 0. The zero-order chi connectivity index (χ0) is 12.0. The molecule has 0 fully saturated rings. The summed E-state index contributed by atoms with van der Waals surface area (Å²) in [5, 5.41) is 0. The van der Waals surface area contributed by atoms with Crippen LogP contribution >= 0.6 is 0 Å². The topological polar surface area (TPSA) is 52.6 Å². The molecule has 0 atom stereocenters. The fraction of sp³-hybridized carbons (Fsp3) is 0.167. The molecular weight excluding hydrogens is 208 g/mol. The lowest BCUT2D eigenvalue weighted by molar-refractivity contribution is -0.134. The monoisotopic (exact) mass is 220 g/mol. The number of hydrogen-bond donors (Lipinski definition) is 0. The molecule has 0 bridgehead atoms. The molecule has 0 spiro atoms. The van der Waals surface area contributed by atoms with Gasteiger partial charge in [0.1, 0.15) is 5.75 Å². The standard InChI is InChI=1S/C12H12O4/c1-15-11-5-3-9(10(7-11)8-13)4-6-12(14)16-2/h3-8H,1-2H3. The van der Waals surface area contributed by atoms with E-state index in [4.69, 9.17) is 4.74 Å². The molecule has 0 saturated heterocycles. The number of rotatable bonds is 4. The van der Waals surface area contributed by atoms with E-state index >= 15 is 0 Å². The van der Waals surface area contributed by atoms with Crippen LogP contribution in [0.3, 0.4) is 0 Å². The fourth-order valence-corrected chi connectivity index (χ4v) is 1.16. The SMILES string of the molecule is COC(=O)C=Cc1ccc(OC)cc1C=O. The Morgan fingerprint density at radius 1 is 1.25 bits per heavy atom. The Hall–Kier alpha value is -2.10. The molecule has 0 aliphatic heterocycles. The molecule has 0 aliphatic rings. The Balaban J connectivity index is 3.00. The van der Waals surface area contributed by atoms with Gasteiger partial charge < -0.3 is 9.47 Å². The van der Waals surface area contributed by atoms with Gasteiger partial charge in [-0.25, -0.2) is 4.79 Å². The van der Waals surface area contributed by atoms with Crippen LogP contribution in [0.25, 0.3) is 6.08 Å². The van der Waals surface area contributed by atoms with E-state index in [1.54, 1.807) is 18.2 Å². The summed E-state index contributed by atoms with van der Waals surface area (Å²) in [5.41, 5.74) is 1.10. The van der Waals surface area contributed by atoms with Crippen LogP contribution in [-0.4, -0.2) is 26.5 Å². The van der Waals surface area contributed by atoms with Gasteiger partial charge in [-0.1, -0.05) is 6.07 Å². The second kappa shape index (κ2) is 5.70. The van der Waals surface area contributed by atoms with Crippen molar-refractivity contribution in [1.29, 1.82) is 0 Å². The first-order valence-electron chi connectivity index (χ1n) is 4.60. The quantitative estimate of drug-likeness (QED) is 0.440. The highest BCUT2D eigenvalue weighted by Gasteiger charge is 2.01. The number of hydrogen-bond acceptors (Lipinski definition) is 4. The van der Waals surface area contributed by atoms with Gasteiger partial charge in [-0.05, 0) is 23.8 Å². The molecule has 0 heterocycles. The number of aldehydes is 1. The van der Waals surface area contributed by atoms with Crippen LogP contribution in [0.1, 0.15) is 15.9 Å². The number of methoxy groups -OCH3 is 2. The zero-order valence-electron chi connectivity index (χ0n) is 9.10. The number of carbonyl (C=O) groups is 2. The molecule has 0 saturated carbocycles. The Labute approximate surface area is 93.5 Å². The van der Waals surface area contributed by atoms with Crippen molar-refractivity contribution in [1.82, 2.24) is 0 Å². The van der Waals surface area contributed by atoms with E-state index in [1.807, 2.05) is 0 Å². The van der Waals surface area contributed by atoms with E-state index < -0.39 is 5.97 Å². The van der Waals surface area contributed by atoms with Crippen LogP contribution in [0.4, 0.5) is 0 Å². The normalized spacial score (nSPS) is 10.1. The minimum atomic E-state index is -0.465. The van der Waals surface area contributed by atoms with E-state index in [1.165, 1.54) is 26.4 Å². The second-order valence-electron chi connectivity index (χ2n) is 2.97. The Morgan fingerprint density at radius 3 is 2.56 bits per heavy atom. The lowest BCUT2D eigenvalue weighted by atomic mass is 10.1. The molecule has 84 valence electrons. The van der Waals surface area contributed by atoms with Crippen LogP contribution in [0, 0.1) is 0 Å². The van der Waals surface area contributed by atoms with Crippen molar-refractivity contribution < 1.29 is 19.1 Å². The molecule has 0 N–H and O–H groups in total. The molecule has 0 amide bonds. The first kappa shape index (κ1) is 12.0. The third-order valence-electron chi connectivity index (χ3n) is 2.02. The Kier molecular flexibility index (Phi) is 4.27. The summed E-state index contributed by atoms with van der Waals surface area (Å²) in [4.78, 5) is 21.7. The maximum atomic E-state index is 10.9. The highest BCUT2D eigenvalue weighted by Crippen LogP contribution is 2.17. The van der Waals surface area contributed by atoms with Crippen molar-refractivity contribution in [2.45, 2.75) is 0 Å². The van der Waals surface area contributed by atoms with Gasteiger partial charge in [0.05, 0.1) is 14.2 Å². The fourth-order valence-electron chi connectivity index (χ4n) is 1.16. The van der Waals surface area contributed by atoms with Crippen LogP contribution in [-0.2, 0) is 9.53 Å². The molecule has 0 aliphatic carbocycles. The molecule has 16 heavy (non-hydrogen) atoms. The van der Waals surface area contributed by atoms with Gasteiger partial charge >= 0.3 is 5.97 Å². The summed E-state index contributed by atoms with van der Waals surface area (Å²) in [7, 11) is 2.81. The Morgan fingerprint density at radius 2 is 2.00 bits per heavy atom. The number of carbonyl (C=O) groups excluding carboxylic acids is 2. The molecular formula is C12H12O4. The van der Waals surface area contributed by atoms with Gasteiger partial charge in [0, 0.05) is 11.6 Å². The molecule has 0 radical (unpaired) electrons. The van der Waals surface area contributed by atoms with Crippen molar-refractivity contribution in [2.24, 2.45) is 0 Å². The van der Waals surface area contributed by atoms with Crippen molar-refractivity contribution in [2.75, 3.05) is 14.2 Å². The molecule has 4 heteroatoms. The molecule has 1 rings (SSSR count). The molecule has 1 aromatic rings. The summed E-state index contributed by atoms with van der Waals surface area (Å²) in [6.45, 7) is 0. The minimum Gasteiger partial charge on any atom is -0.497 e. The number of benzene rings is 1. The van der Waals surface area contributed by atoms with E-state index in [2.05, 4.69) is 4.74 Å². The summed E-state index contributed by atoms with van der Waals surface area (Å²) in [6.07, 6.45) is 3.49. The maximum absolute atomic E-state index is 10.9. The van der Waals surface area contributed by atoms with Gasteiger partial charge in [0.2, 0.25) is 0 Å². The van der Waals surface area contributed by atoms with Gasteiger partial charge in [-0.3, -0.25) is 4.79 Å².